The number of nitrogens with one attached hydrogen (secondary N) is 1. The van der Waals surface area contributed by atoms with E-state index in [1.54, 1.807) is 13.2 Å². The van der Waals surface area contributed by atoms with E-state index in [0.717, 1.165) is 22.6 Å². The number of hydrogen-bond acceptors (Lipinski definition) is 3. The number of para-hydroxylation sites is 1. The third-order valence-corrected chi connectivity index (χ3v) is 3.25. The van der Waals surface area contributed by atoms with Gasteiger partial charge in [-0.05, 0) is 49.2 Å². The van der Waals surface area contributed by atoms with Crippen LogP contribution >= 0.6 is 0 Å². The fraction of sp³-hybridized carbons (Fsp3) is 0.188. The number of nitrogens with two attached hydrogens (primary N) is 1. The van der Waals surface area contributed by atoms with Crippen molar-refractivity contribution in [1.29, 1.82) is 0 Å². The monoisotopic (exact) mass is 270 g/mol. The van der Waals surface area contributed by atoms with Crippen LogP contribution in [-0.4, -0.2) is 13.0 Å². The highest BCUT2D eigenvalue weighted by Gasteiger charge is 2.12. The van der Waals surface area contributed by atoms with Gasteiger partial charge in [0.15, 0.2) is 0 Å². The van der Waals surface area contributed by atoms with Crippen LogP contribution in [0.15, 0.2) is 36.4 Å². The molecule has 4 nitrogen and oxygen atoms in total. The lowest BCUT2D eigenvalue weighted by Gasteiger charge is -2.12. The van der Waals surface area contributed by atoms with E-state index < -0.39 is 0 Å². The van der Waals surface area contributed by atoms with Gasteiger partial charge in [-0.1, -0.05) is 12.1 Å². The molecule has 1 amide bonds. The van der Waals surface area contributed by atoms with Crippen molar-refractivity contribution >= 4 is 17.3 Å². The largest absolute Gasteiger partial charge is 0.497 e. The molecule has 3 N–H and O–H groups in total. The Bertz CT molecular complexity index is 651. The second-order valence-corrected chi connectivity index (χ2v) is 4.67. The first-order valence-corrected chi connectivity index (χ1v) is 6.34. The number of benzene rings is 2. The minimum atomic E-state index is -0.209. The molecule has 0 aliphatic rings. The highest BCUT2D eigenvalue weighted by molar-refractivity contribution is 6.08. The average Bonchev–Trinajstić information content (AvgIpc) is 2.44. The lowest BCUT2D eigenvalue weighted by Crippen LogP contribution is -2.15. The second kappa shape index (κ2) is 5.65. The van der Waals surface area contributed by atoms with Gasteiger partial charge in [0, 0.05) is 11.4 Å². The molecule has 2 aromatic rings. The van der Waals surface area contributed by atoms with E-state index in [1.807, 2.05) is 44.2 Å². The van der Waals surface area contributed by atoms with Gasteiger partial charge in [-0.15, -0.1) is 0 Å². The van der Waals surface area contributed by atoms with Crippen LogP contribution in [0.25, 0.3) is 0 Å². The summed E-state index contributed by atoms with van der Waals surface area (Å²) in [5, 5.41) is 2.87. The zero-order valence-electron chi connectivity index (χ0n) is 11.9. The maximum Gasteiger partial charge on any atom is 0.257 e. The molecule has 0 atom stereocenters. The van der Waals surface area contributed by atoms with Crippen molar-refractivity contribution < 1.29 is 9.53 Å². The van der Waals surface area contributed by atoms with E-state index in [0.29, 0.717) is 11.3 Å². The van der Waals surface area contributed by atoms with Crippen LogP contribution in [-0.2, 0) is 0 Å². The number of anilines is 2. The Morgan fingerprint density at radius 1 is 1.15 bits per heavy atom. The fourth-order valence-electron chi connectivity index (χ4n) is 1.97. The molecule has 20 heavy (non-hydrogen) atoms. The van der Waals surface area contributed by atoms with Crippen LogP contribution in [0, 0.1) is 13.8 Å². The Hall–Kier alpha value is -2.49. The second-order valence-electron chi connectivity index (χ2n) is 4.67. The molecule has 0 heterocycles. The van der Waals surface area contributed by atoms with Crippen molar-refractivity contribution in [2.75, 3.05) is 18.2 Å². The molecule has 0 saturated carbocycles. The minimum absolute atomic E-state index is 0.209. The number of ether oxygens (including phenoxy) is 1. The molecule has 0 aromatic heterocycles. The van der Waals surface area contributed by atoms with Crippen LogP contribution in [0.3, 0.4) is 0 Å². The first-order chi connectivity index (χ1) is 9.52. The van der Waals surface area contributed by atoms with Crippen LogP contribution < -0.4 is 15.8 Å². The smallest absolute Gasteiger partial charge is 0.257 e. The third-order valence-electron chi connectivity index (χ3n) is 3.25. The maximum atomic E-state index is 12.3. The number of aryl methyl sites for hydroxylation is 2. The molecule has 2 aromatic carbocycles. The molecule has 0 radical (unpaired) electrons. The Labute approximate surface area is 118 Å². The number of nitrogen functional groups attached to an aromatic ring is 1. The van der Waals surface area contributed by atoms with E-state index in [9.17, 15) is 4.79 Å². The molecule has 0 aliphatic heterocycles. The van der Waals surface area contributed by atoms with Gasteiger partial charge in [-0.3, -0.25) is 4.79 Å². The van der Waals surface area contributed by atoms with Crippen molar-refractivity contribution in [2.24, 2.45) is 0 Å². The van der Waals surface area contributed by atoms with Gasteiger partial charge < -0.3 is 15.8 Å². The fourth-order valence-corrected chi connectivity index (χ4v) is 1.97. The normalized spacial score (nSPS) is 10.2. The lowest BCUT2D eigenvalue weighted by molar-refractivity contribution is 0.102. The van der Waals surface area contributed by atoms with E-state index in [1.165, 1.54) is 0 Å². The van der Waals surface area contributed by atoms with Gasteiger partial charge in [0.2, 0.25) is 0 Å². The molecular weight excluding hydrogens is 252 g/mol. The highest BCUT2D eigenvalue weighted by atomic mass is 16.5. The van der Waals surface area contributed by atoms with Crippen molar-refractivity contribution in [2.45, 2.75) is 13.8 Å². The first kappa shape index (κ1) is 13.9. The quantitative estimate of drug-likeness (QED) is 0.842. The van der Waals surface area contributed by atoms with Gasteiger partial charge in [0.05, 0.1) is 12.7 Å². The summed E-state index contributed by atoms with van der Waals surface area (Å²) in [5.41, 5.74) is 9.51. The minimum Gasteiger partial charge on any atom is -0.497 e. The molecule has 2 rings (SSSR count). The molecule has 0 saturated heterocycles. The zero-order valence-corrected chi connectivity index (χ0v) is 11.9. The third kappa shape index (κ3) is 2.74. The number of hydrogen-bond donors (Lipinski definition) is 2. The summed E-state index contributed by atoms with van der Waals surface area (Å²) in [6.45, 7) is 3.79. The van der Waals surface area contributed by atoms with Crippen LogP contribution in [0.1, 0.15) is 21.5 Å². The van der Waals surface area contributed by atoms with E-state index in [4.69, 9.17) is 10.5 Å². The van der Waals surface area contributed by atoms with E-state index in [2.05, 4.69) is 5.32 Å². The molecule has 0 unspecified atom stereocenters. The first-order valence-electron chi connectivity index (χ1n) is 6.34. The Morgan fingerprint density at radius 3 is 2.55 bits per heavy atom. The van der Waals surface area contributed by atoms with Crippen molar-refractivity contribution in [3.8, 4) is 5.75 Å². The molecule has 0 spiro atoms. The van der Waals surface area contributed by atoms with Crippen molar-refractivity contribution in [3.05, 3.63) is 53.1 Å². The zero-order chi connectivity index (χ0) is 14.7. The lowest BCUT2D eigenvalue weighted by atomic mass is 10.1. The Morgan fingerprint density at radius 2 is 1.90 bits per heavy atom. The molecule has 104 valence electrons. The van der Waals surface area contributed by atoms with Crippen LogP contribution in [0.5, 0.6) is 5.75 Å². The van der Waals surface area contributed by atoms with Gasteiger partial charge in [0.25, 0.3) is 5.91 Å². The number of methoxy groups -OCH3 is 1. The number of rotatable bonds is 3. The van der Waals surface area contributed by atoms with Gasteiger partial charge in [-0.2, -0.15) is 0 Å². The molecule has 0 fully saturated rings. The summed E-state index contributed by atoms with van der Waals surface area (Å²) in [6, 6.07) is 10.9. The average molecular weight is 270 g/mol. The molecule has 0 bridgehead atoms. The van der Waals surface area contributed by atoms with E-state index >= 15 is 0 Å². The number of carbonyl (C=O) groups is 1. The highest BCUT2D eigenvalue weighted by Crippen LogP contribution is 2.23. The SMILES string of the molecule is COc1ccc(NC(=O)c2cccc(C)c2N)c(C)c1. The summed E-state index contributed by atoms with van der Waals surface area (Å²) in [4.78, 5) is 12.3. The van der Waals surface area contributed by atoms with Gasteiger partial charge >= 0.3 is 0 Å². The van der Waals surface area contributed by atoms with Crippen LogP contribution in [0.4, 0.5) is 11.4 Å². The predicted molar refractivity (Wildman–Crippen MR) is 81.3 cm³/mol. The van der Waals surface area contributed by atoms with E-state index in [-0.39, 0.29) is 5.91 Å². The Balaban J connectivity index is 2.26. The summed E-state index contributed by atoms with van der Waals surface area (Å²) in [7, 11) is 1.61. The molecule has 4 heteroatoms. The number of amides is 1. The number of carbonyl (C=O) groups excluding carboxylic acids is 1. The van der Waals surface area contributed by atoms with Gasteiger partial charge in [0.1, 0.15) is 5.75 Å². The maximum absolute atomic E-state index is 12.3. The van der Waals surface area contributed by atoms with Gasteiger partial charge in [-0.25, -0.2) is 0 Å². The standard InChI is InChI=1S/C16H18N2O2/c1-10-5-4-6-13(15(10)17)16(19)18-14-8-7-12(20-3)9-11(14)2/h4-9H,17H2,1-3H3,(H,18,19). The van der Waals surface area contributed by atoms with Crippen molar-refractivity contribution in [1.82, 2.24) is 0 Å². The molecular formula is C16H18N2O2. The summed E-state index contributed by atoms with van der Waals surface area (Å²) in [6.07, 6.45) is 0. The summed E-state index contributed by atoms with van der Waals surface area (Å²) >= 11 is 0. The summed E-state index contributed by atoms with van der Waals surface area (Å²) < 4.78 is 5.14. The summed E-state index contributed by atoms with van der Waals surface area (Å²) in [5.74, 6) is 0.551. The Kier molecular flexibility index (Phi) is 3.94. The predicted octanol–water partition coefficient (Wildman–Crippen LogP) is 3.15. The topological polar surface area (TPSA) is 64.3 Å². The molecule has 0 aliphatic carbocycles. The van der Waals surface area contributed by atoms with Crippen molar-refractivity contribution in [3.63, 3.8) is 0 Å². The van der Waals surface area contributed by atoms with Crippen LogP contribution in [0.2, 0.25) is 0 Å².